The lowest BCUT2D eigenvalue weighted by Crippen LogP contribution is -2.47. The van der Waals surface area contributed by atoms with Crippen molar-refractivity contribution < 1.29 is 9.59 Å². The minimum Gasteiger partial charge on any atom is -0.343 e. The van der Waals surface area contributed by atoms with Gasteiger partial charge in [0.15, 0.2) is 0 Å². The Morgan fingerprint density at radius 1 is 1.43 bits per heavy atom. The van der Waals surface area contributed by atoms with Crippen LogP contribution in [-0.4, -0.2) is 36.4 Å². The zero-order valence-electron chi connectivity index (χ0n) is 12.3. The molecule has 4 nitrogen and oxygen atoms in total. The lowest BCUT2D eigenvalue weighted by Gasteiger charge is -2.17. The van der Waals surface area contributed by atoms with E-state index in [4.69, 9.17) is 6.42 Å². The van der Waals surface area contributed by atoms with Gasteiger partial charge in [-0.25, -0.2) is 0 Å². The van der Waals surface area contributed by atoms with Crippen LogP contribution < -0.4 is 10.6 Å². The first kappa shape index (κ1) is 17.1. The molecule has 0 aliphatic carbocycles. The van der Waals surface area contributed by atoms with Crippen molar-refractivity contribution in [1.82, 2.24) is 10.6 Å². The number of carbonyl (C=O) groups is 2. The van der Waals surface area contributed by atoms with Gasteiger partial charge in [0.25, 0.3) is 5.91 Å². The summed E-state index contributed by atoms with van der Waals surface area (Å²) in [6, 6.07) is 6.69. The summed E-state index contributed by atoms with van der Waals surface area (Å²) in [5.41, 5.74) is 1.55. The Morgan fingerprint density at radius 3 is 2.81 bits per heavy atom. The van der Waals surface area contributed by atoms with Crippen LogP contribution in [0.3, 0.4) is 0 Å². The molecule has 1 atom stereocenters. The van der Waals surface area contributed by atoms with Crippen molar-refractivity contribution >= 4 is 23.6 Å². The first-order chi connectivity index (χ1) is 10.1. The fraction of sp³-hybridized carbons (Fsp3) is 0.375. The van der Waals surface area contributed by atoms with Crippen molar-refractivity contribution in [3.8, 4) is 12.3 Å². The molecule has 0 radical (unpaired) electrons. The number of hydrogen-bond acceptors (Lipinski definition) is 3. The topological polar surface area (TPSA) is 58.2 Å². The largest absolute Gasteiger partial charge is 0.343 e. The van der Waals surface area contributed by atoms with Crippen molar-refractivity contribution in [2.45, 2.75) is 19.4 Å². The number of hydrogen-bond donors (Lipinski definition) is 2. The number of amides is 2. The molecule has 0 fully saturated rings. The van der Waals surface area contributed by atoms with E-state index >= 15 is 0 Å². The van der Waals surface area contributed by atoms with Crippen molar-refractivity contribution in [2.75, 3.05) is 18.6 Å². The van der Waals surface area contributed by atoms with Gasteiger partial charge in [-0.3, -0.25) is 9.59 Å². The molecular formula is C16H20N2O2S. The molecule has 0 spiro atoms. The smallest absolute Gasteiger partial charge is 0.251 e. The molecule has 1 unspecified atom stereocenters. The standard InChI is InChI=1S/C16H20N2O2S/c1-4-9-17-16(20)14(8-10-21-3)18-15(19)13-7-5-6-12(2)11-13/h1,5-7,11,14H,8-10H2,2-3H3,(H,17,20)(H,18,19). The third-order valence-electron chi connectivity index (χ3n) is 2.88. The van der Waals surface area contributed by atoms with Crippen LogP contribution in [-0.2, 0) is 4.79 Å². The molecule has 2 N–H and O–H groups in total. The Balaban J connectivity index is 2.73. The molecule has 112 valence electrons. The summed E-state index contributed by atoms with van der Waals surface area (Å²) in [6.07, 6.45) is 7.65. The van der Waals surface area contributed by atoms with E-state index in [2.05, 4.69) is 16.6 Å². The van der Waals surface area contributed by atoms with E-state index in [-0.39, 0.29) is 18.4 Å². The number of nitrogens with one attached hydrogen (secondary N) is 2. The highest BCUT2D eigenvalue weighted by molar-refractivity contribution is 7.98. The second kappa shape index (κ2) is 9.09. The second-order valence-electron chi connectivity index (χ2n) is 4.60. The normalized spacial score (nSPS) is 11.3. The van der Waals surface area contributed by atoms with E-state index in [9.17, 15) is 9.59 Å². The average molecular weight is 304 g/mol. The number of thioether (sulfide) groups is 1. The molecule has 0 heterocycles. The Hall–Kier alpha value is -1.93. The molecule has 0 aliphatic heterocycles. The Kier molecular flexibility index (Phi) is 7.41. The first-order valence-corrected chi connectivity index (χ1v) is 8.05. The Morgan fingerprint density at radius 2 is 2.19 bits per heavy atom. The van der Waals surface area contributed by atoms with Crippen LogP contribution in [0, 0.1) is 19.3 Å². The van der Waals surface area contributed by atoms with Crippen LogP contribution in [0.2, 0.25) is 0 Å². The van der Waals surface area contributed by atoms with Gasteiger partial charge in [0.05, 0.1) is 6.54 Å². The lowest BCUT2D eigenvalue weighted by molar-refractivity contribution is -0.122. The molecule has 0 aliphatic rings. The second-order valence-corrected chi connectivity index (χ2v) is 5.58. The molecule has 2 amide bonds. The third-order valence-corrected chi connectivity index (χ3v) is 3.52. The van der Waals surface area contributed by atoms with Crippen molar-refractivity contribution in [3.05, 3.63) is 35.4 Å². The molecular weight excluding hydrogens is 284 g/mol. The van der Waals surface area contributed by atoms with Crippen molar-refractivity contribution in [2.24, 2.45) is 0 Å². The fourth-order valence-electron chi connectivity index (χ4n) is 1.79. The summed E-state index contributed by atoms with van der Waals surface area (Å²) in [4.78, 5) is 24.2. The summed E-state index contributed by atoms with van der Waals surface area (Å²) < 4.78 is 0. The Bertz CT molecular complexity index is 537. The van der Waals surface area contributed by atoms with Gasteiger partial charge >= 0.3 is 0 Å². The maximum atomic E-state index is 12.2. The van der Waals surface area contributed by atoms with Gasteiger partial charge < -0.3 is 10.6 Å². The van der Waals surface area contributed by atoms with Gasteiger partial charge in [0.1, 0.15) is 6.04 Å². The van der Waals surface area contributed by atoms with Crippen LogP contribution in [0.25, 0.3) is 0 Å². The van der Waals surface area contributed by atoms with Crippen molar-refractivity contribution in [3.63, 3.8) is 0 Å². The van der Waals surface area contributed by atoms with Gasteiger partial charge in [-0.15, -0.1) is 6.42 Å². The predicted molar refractivity (Wildman–Crippen MR) is 87.3 cm³/mol. The number of aryl methyl sites for hydroxylation is 1. The molecule has 21 heavy (non-hydrogen) atoms. The molecule has 0 saturated heterocycles. The molecule has 1 aromatic carbocycles. The van der Waals surface area contributed by atoms with Gasteiger partial charge in [-0.1, -0.05) is 23.6 Å². The maximum absolute atomic E-state index is 12.2. The quantitative estimate of drug-likeness (QED) is 0.752. The molecule has 5 heteroatoms. The van der Waals surface area contributed by atoms with Crippen LogP contribution in [0.5, 0.6) is 0 Å². The number of carbonyl (C=O) groups excluding carboxylic acids is 2. The summed E-state index contributed by atoms with van der Waals surface area (Å²) in [6.45, 7) is 2.08. The van der Waals surface area contributed by atoms with Crippen LogP contribution >= 0.6 is 11.8 Å². The third kappa shape index (κ3) is 5.92. The van der Waals surface area contributed by atoms with E-state index in [1.807, 2.05) is 25.3 Å². The number of terminal acetylenes is 1. The molecule has 1 aromatic rings. The lowest BCUT2D eigenvalue weighted by atomic mass is 10.1. The monoisotopic (exact) mass is 304 g/mol. The highest BCUT2D eigenvalue weighted by Crippen LogP contribution is 2.06. The van der Waals surface area contributed by atoms with Gasteiger partial charge in [0, 0.05) is 5.56 Å². The SMILES string of the molecule is C#CCNC(=O)C(CCSC)NC(=O)c1cccc(C)c1. The Labute approximate surface area is 130 Å². The van der Waals surface area contributed by atoms with E-state index in [0.29, 0.717) is 12.0 Å². The molecule has 0 aromatic heterocycles. The van der Waals surface area contributed by atoms with Gasteiger partial charge in [-0.05, 0) is 37.5 Å². The van der Waals surface area contributed by atoms with Crippen molar-refractivity contribution in [1.29, 1.82) is 0 Å². The van der Waals surface area contributed by atoms with E-state index in [0.717, 1.165) is 11.3 Å². The maximum Gasteiger partial charge on any atom is 0.251 e. The zero-order valence-corrected chi connectivity index (χ0v) is 13.1. The average Bonchev–Trinajstić information content (AvgIpc) is 2.48. The van der Waals surface area contributed by atoms with Gasteiger partial charge in [-0.2, -0.15) is 11.8 Å². The predicted octanol–water partition coefficient (Wildman–Crippen LogP) is 1.60. The molecule has 0 saturated carbocycles. The fourth-order valence-corrected chi connectivity index (χ4v) is 2.27. The first-order valence-electron chi connectivity index (χ1n) is 6.66. The summed E-state index contributed by atoms with van der Waals surface area (Å²) in [7, 11) is 0. The van der Waals surface area contributed by atoms with E-state index in [1.54, 1.807) is 23.9 Å². The highest BCUT2D eigenvalue weighted by Gasteiger charge is 2.20. The number of benzene rings is 1. The molecule has 1 rings (SSSR count). The van der Waals surface area contributed by atoms with E-state index < -0.39 is 6.04 Å². The van der Waals surface area contributed by atoms with Gasteiger partial charge in [0.2, 0.25) is 5.91 Å². The van der Waals surface area contributed by atoms with Crippen LogP contribution in [0.4, 0.5) is 0 Å². The van der Waals surface area contributed by atoms with Crippen LogP contribution in [0.15, 0.2) is 24.3 Å². The summed E-state index contributed by atoms with van der Waals surface area (Å²) >= 11 is 1.62. The highest BCUT2D eigenvalue weighted by atomic mass is 32.2. The minimum absolute atomic E-state index is 0.162. The zero-order chi connectivity index (χ0) is 15.7. The van der Waals surface area contributed by atoms with E-state index in [1.165, 1.54) is 0 Å². The minimum atomic E-state index is -0.571. The number of rotatable bonds is 7. The summed E-state index contributed by atoms with van der Waals surface area (Å²) in [5, 5.41) is 5.38. The summed E-state index contributed by atoms with van der Waals surface area (Å²) in [5.74, 6) is 2.64. The van der Waals surface area contributed by atoms with Crippen LogP contribution in [0.1, 0.15) is 22.3 Å². The molecule has 0 bridgehead atoms.